The van der Waals surface area contributed by atoms with Crippen molar-refractivity contribution in [2.24, 2.45) is 0 Å². The summed E-state index contributed by atoms with van der Waals surface area (Å²) in [5.74, 6) is 0.308. The molecule has 0 aliphatic carbocycles. The van der Waals surface area contributed by atoms with Gasteiger partial charge in [-0.25, -0.2) is 9.78 Å². The van der Waals surface area contributed by atoms with Crippen LogP contribution in [-0.2, 0) is 16.1 Å². The lowest BCUT2D eigenvalue weighted by atomic mass is 10.3. The fourth-order valence-electron chi connectivity index (χ4n) is 1.37. The van der Waals surface area contributed by atoms with Crippen LogP contribution in [0.5, 0.6) is 0 Å². The van der Waals surface area contributed by atoms with Gasteiger partial charge in [0, 0.05) is 18.9 Å². The van der Waals surface area contributed by atoms with Gasteiger partial charge in [0.25, 0.3) is 0 Å². The predicted octanol–water partition coefficient (Wildman–Crippen LogP) is -0.119. The lowest BCUT2D eigenvalue weighted by Crippen LogP contribution is -2.47. The van der Waals surface area contributed by atoms with E-state index >= 15 is 0 Å². The Bertz CT molecular complexity index is 369. The molecule has 1 aliphatic heterocycles. The lowest BCUT2D eigenvalue weighted by molar-refractivity contribution is -0.145. The SMILES string of the molecule is CCOC(=O)C1NCc2nccnc2N1. The number of carbonyl (C=O) groups excluding carboxylic acids is 1. The van der Waals surface area contributed by atoms with Crippen LogP contribution >= 0.6 is 0 Å². The Morgan fingerprint density at radius 3 is 3.20 bits per heavy atom. The van der Waals surface area contributed by atoms with Gasteiger partial charge in [0.2, 0.25) is 0 Å². The van der Waals surface area contributed by atoms with Crippen molar-refractivity contribution in [1.82, 2.24) is 15.3 Å². The number of esters is 1. The van der Waals surface area contributed by atoms with E-state index in [1.54, 1.807) is 19.3 Å². The monoisotopic (exact) mass is 208 g/mol. The summed E-state index contributed by atoms with van der Waals surface area (Å²) < 4.78 is 4.88. The van der Waals surface area contributed by atoms with Crippen molar-refractivity contribution >= 4 is 11.8 Å². The van der Waals surface area contributed by atoms with E-state index in [1.165, 1.54) is 0 Å². The highest BCUT2D eigenvalue weighted by Crippen LogP contribution is 2.13. The molecule has 1 atom stereocenters. The standard InChI is InChI=1S/C9H12N4O2/c1-2-15-9(14)8-12-5-6-7(13-8)11-4-3-10-6/h3-4,8,12H,2,5H2,1H3,(H,11,13). The van der Waals surface area contributed by atoms with Crippen LogP contribution in [0.1, 0.15) is 12.6 Å². The van der Waals surface area contributed by atoms with Gasteiger partial charge >= 0.3 is 5.97 Å². The van der Waals surface area contributed by atoms with Crippen LogP contribution in [-0.4, -0.2) is 28.7 Å². The highest BCUT2D eigenvalue weighted by atomic mass is 16.5. The summed E-state index contributed by atoms with van der Waals surface area (Å²) in [7, 11) is 0. The van der Waals surface area contributed by atoms with Crippen molar-refractivity contribution in [3.8, 4) is 0 Å². The van der Waals surface area contributed by atoms with Gasteiger partial charge in [0.15, 0.2) is 12.0 Å². The Balaban J connectivity index is 2.08. The molecule has 2 N–H and O–H groups in total. The topological polar surface area (TPSA) is 76.1 Å². The zero-order chi connectivity index (χ0) is 10.7. The number of hydrogen-bond donors (Lipinski definition) is 2. The first-order valence-electron chi connectivity index (χ1n) is 4.77. The first-order valence-corrected chi connectivity index (χ1v) is 4.77. The molecule has 1 aromatic rings. The average molecular weight is 208 g/mol. The molecule has 15 heavy (non-hydrogen) atoms. The Hall–Kier alpha value is -1.69. The molecule has 0 radical (unpaired) electrons. The van der Waals surface area contributed by atoms with Crippen LogP contribution in [0.3, 0.4) is 0 Å². The molecule has 0 amide bonds. The summed E-state index contributed by atoms with van der Waals surface area (Å²) in [5.41, 5.74) is 0.804. The Labute approximate surface area is 87.1 Å². The molecule has 0 bridgehead atoms. The first kappa shape index (κ1) is 9.85. The van der Waals surface area contributed by atoms with Crippen LogP contribution in [0, 0.1) is 0 Å². The fraction of sp³-hybridized carbons (Fsp3) is 0.444. The van der Waals surface area contributed by atoms with E-state index in [0.717, 1.165) is 5.69 Å². The zero-order valence-electron chi connectivity index (χ0n) is 8.36. The van der Waals surface area contributed by atoms with E-state index in [4.69, 9.17) is 4.74 Å². The molecule has 0 spiro atoms. The Morgan fingerprint density at radius 2 is 2.40 bits per heavy atom. The van der Waals surface area contributed by atoms with Gasteiger partial charge in [-0.05, 0) is 6.92 Å². The number of carbonyl (C=O) groups is 1. The summed E-state index contributed by atoms with van der Waals surface area (Å²) in [5, 5.41) is 5.89. The van der Waals surface area contributed by atoms with Crippen molar-refractivity contribution in [3.63, 3.8) is 0 Å². The van der Waals surface area contributed by atoms with E-state index in [0.29, 0.717) is 19.0 Å². The van der Waals surface area contributed by atoms with Crippen molar-refractivity contribution in [3.05, 3.63) is 18.1 Å². The van der Waals surface area contributed by atoms with Gasteiger partial charge in [-0.3, -0.25) is 10.3 Å². The predicted molar refractivity (Wildman–Crippen MR) is 52.9 cm³/mol. The third-order valence-electron chi connectivity index (χ3n) is 2.05. The normalized spacial score (nSPS) is 18.9. The van der Waals surface area contributed by atoms with Crippen LogP contribution in [0.4, 0.5) is 5.82 Å². The van der Waals surface area contributed by atoms with E-state index in [1.807, 2.05) is 0 Å². The van der Waals surface area contributed by atoms with E-state index in [-0.39, 0.29) is 5.97 Å². The number of nitrogens with zero attached hydrogens (tertiary/aromatic N) is 2. The molecule has 80 valence electrons. The minimum Gasteiger partial charge on any atom is -0.463 e. The molecule has 2 heterocycles. The largest absolute Gasteiger partial charge is 0.463 e. The average Bonchev–Trinajstić information content (AvgIpc) is 2.29. The van der Waals surface area contributed by atoms with Gasteiger partial charge in [0.05, 0.1) is 12.3 Å². The number of anilines is 1. The zero-order valence-corrected chi connectivity index (χ0v) is 8.36. The van der Waals surface area contributed by atoms with Crippen molar-refractivity contribution in [1.29, 1.82) is 0 Å². The Morgan fingerprint density at radius 1 is 1.60 bits per heavy atom. The molecule has 2 rings (SSSR count). The minimum atomic E-state index is -0.533. The maximum atomic E-state index is 11.4. The maximum absolute atomic E-state index is 11.4. The van der Waals surface area contributed by atoms with Gasteiger partial charge < -0.3 is 10.1 Å². The molecule has 0 saturated heterocycles. The Kier molecular flexibility index (Phi) is 2.77. The lowest BCUT2D eigenvalue weighted by Gasteiger charge is -2.24. The van der Waals surface area contributed by atoms with E-state index < -0.39 is 6.17 Å². The minimum absolute atomic E-state index is 0.325. The molecule has 1 aromatic heterocycles. The number of fused-ring (bicyclic) bond motifs is 1. The second-order valence-electron chi connectivity index (χ2n) is 3.06. The second kappa shape index (κ2) is 4.22. The third-order valence-corrected chi connectivity index (χ3v) is 2.05. The molecule has 0 saturated carbocycles. The van der Waals surface area contributed by atoms with Gasteiger partial charge in [-0.15, -0.1) is 0 Å². The molecular formula is C9H12N4O2. The smallest absolute Gasteiger partial charge is 0.343 e. The second-order valence-corrected chi connectivity index (χ2v) is 3.06. The quantitative estimate of drug-likeness (QED) is 0.660. The van der Waals surface area contributed by atoms with Crippen molar-refractivity contribution < 1.29 is 9.53 Å². The number of ether oxygens (including phenoxy) is 1. The van der Waals surface area contributed by atoms with Crippen molar-refractivity contribution in [2.75, 3.05) is 11.9 Å². The number of aromatic nitrogens is 2. The molecule has 1 aliphatic rings. The molecule has 1 unspecified atom stereocenters. The number of hydrogen-bond acceptors (Lipinski definition) is 6. The summed E-state index contributed by atoms with van der Waals surface area (Å²) in [6, 6.07) is 0. The molecule has 0 aromatic carbocycles. The summed E-state index contributed by atoms with van der Waals surface area (Å²) >= 11 is 0. The number of rotatable bonds is 2. The van der Waals surface area contributed by atoms with Crippen LogP contribution < -0.4 is 10.6 Å². The summed E-state index contributed by atoms with van der Waals surface area (Å²) in [6.45, 7) is 2.65. The van der Waals surface area contributed by atoms with Gasteiger partial charge in [-0.1, -0.05) is 0 Å². The van der Waals surface area contributed by atoms with E-state index in [9.17, 15) is 4.79 Å². The van der Waals surface area contributed by atoms with E-state index in [2.05, 4.69) is 20.6 Å². The van der Waals surface area contributed by atoms with Gasteiger partial charge in [0.1, 0.15) is 0 Å². The fourth-order valence-corrected chi connectivity index (χ4v) is 1.37. The molecule has 0 fully saturated rings. The van der Waals surface area contributed by atoms with Gasteiger partial charge in [-0.2, -0.15) is 0 Å². The highest BCUT2D eigenvalue weighted by molar-refractivity contribution is 5.79. The van der Waals surface area contributed by atoms with Crippen LogP contribution in [0.2, 0.25) is 0 Å². The van der Waals surface area contributed by atoms with Crippen molar-refractivity contribution in [2.45, 2.75) is 19.6 Å². The van der Waals surface area contributed by atoms with Crippen LogP contribution in [0.25, 0.3) is 0 Å². The summed E-state index contributed by atoms with van der Waals surface area (Å²) in [4.78, 5) is 19.6. The molecule has 6 heteroatoms. The molecular weight excluding hydrogens is 196 g/mol. The number of nitrogens with one attached hydrogen (secondary N) is 2. The highest BCUT2D eigenvalue weighted by Gasteiger charge is 2.25. The third kappa shape index (κ3) is 2.04. The summed E-state index contributed by atoms with van der Waals surface area (Å²) in [6.07, 6.45) is 2.67. The first-order chi connectivity index (χ1) is 7.31. The van der Waals surface area contributed by atoms with Crippen LogP contribution in [0.15, 0.2) is 12.4 Å². The maximum Gasteiger partial charge on any atom is 0.343 e. The molecule has 6 nitrogen and oxygen atoms in total.